The van der Waals surface area contributed by atoms with Crippen LogP contribution in [0.15, 0.2) is 12.2 Å². The van der Waals surface area contributed by atoms with Crippen molar-refractivity contribution in [1.82, 2.24) is 5.32 Å². The normalized spacial score (nSPS) is 28.0. The molecule has 12 unspecified atom stereocenters. The van der Waals surface area contributed by atoms with Gasteiger partial charge in [0.1, 0.15) is 48.8 Å². The van der Waals surface area contributed by atoms with Crippen LogP contribution in [-0.4, -0.2) is 140 Å². The molecule has 0 aromatic heterocycles. The van der Waals surface area contributed by atoms with E-state index in [-0.39, 0.29) is 18.9 Å². The van der Waals surface area contributed by atoms with Crippen molar-refractivity contribution in [2.45, 2.75) is 261 Å². The summed E-state index contributed by atoms with van der Waals surface area (Å²) in [5.41, 5.74) is 0. The highest BCUT2D eigenvalue weighted by Gasteiger charge is 2.51. The van der Waals surface area contributed by atoms with Crippen LogP contribution in [0.3, 0.4) is 0 Å². The lowest BCUT2D eigenvalue weighted by Crippen LogP contribution is -2.65. The fourth-order valence-electron chi connectivity index (χ4n) is 8.16. The molecule has 2 fully saturated rings. The van der Waals surface area contributed by atoms with Gasteiger partial charge in [0.05, 0.1) is 32.0 Å². The highest BCUT2D eigenvalue weighted by molar-refractivity contribution is 5.76. The Morgan fingerprint density at radius 2 is 1.02 bits per heavy atom. The zero-order chi connectivity index (χ0) is 44.7. The second-order valence-corrected chi connectivity index (χ2v) is 17.6. The van der Waals surface area contributed by atoms with Crippen LogP contribution < -0.4 is 5.32 Å². The number of allylic oxidation sites excluding steroid dienone is 1. The van der Waals surface area contributed by atoms with Gasteiger partial charge in [-0.05, 0) is 12.8 Å². The highest BCUT2D eigenvalue weighted by atomic mass is 16.7. The standard InChI is InChI=1S/C47H89NO13/c1-3-5-7-9-10-11-12-13-14-15-16-17-18-19-20-21-22-23-24-25-26-27-29-31-39(52)48-35(36(51)30-28-8-6-4-2)34-58-46-44(57)42(55)45(38(33-50)60-46)61-47-43(56)41(54)40(53)37(32-49)59-47/h28,30,35-38,40-47,49-51,53-57H,3-27,29,31-34H2,1-2H3,(H,48,52)/b30-28+. The molecule has 0 aliphatic carbocycles. The Kier molecular flexibility index (Phi) is 32.1. The van der Waals surface area contributed by atoms with Crippen LogP contribution in [-0.2, 0) is 23.7 Å². The van der Waals surface area contributed by atoms with Crippen molar-refractivity contribution in [3.63, 3.8) is 0 Å². The van der Waals surface area contributed by atoms with E-state index in [2.05, 4.69) is 19.2 Å². The van der Waals surface area contributed by atoms with Gasteiger partial charge in [-0.3, -0.25) is 4.79 Å². The first-order valence-electron chi connectivity index (χ1n) is 24.4. The molecule has 2 rings (SSSR count). The summed E-state index contributed by atoms with van der Waals surface area (Å²) in [6.45, 7) is 2.63. The summed E-state index contributed by atoms with van der Waals surface area (Å²) in [4.78, 5) is 13.0. The molecule has 61 heavy (non-hydrogen) atoms. The van der Waals surface area contributed by atoms with Crippen LogP contribution in [0.1, 0.15) is 187 Å². The maximum atomic E-state index is 13.0. The SMILES string of the molecule is CCCC/C=C/C(O)C(COC1OC(CO)C(OC2OC(CO)C(O)C(O)C2O)C(O)C1O)NC(=O)CCCCCCCCCCCCCCCCCCCCCCCCC. The van der Waals surface area contributed by atoms with Crippen molar-refractivity contribution >= 4 is 5.91 Å². The third-order valence-corrected chi connectivity index (χ3v) is 12.2. The average Bonchev–Trinajstić information content (AvgIpc) is 3.26. The lowest BCUT2D eigenvalue weighted by atomic mass is 9.97. The predicted octanol–water partition coefficient (Wildman–Crippen LogP) is 5.60. The van der Waals surface area contributed by atoms with E-state index in [4.69, 9.17) is 18.9 Å². The van der Waals surface area contributed by atoms with Gasteiger partial charge in [0.25, 0.3) is 0 Å². The molecule has 0 aromatic rings. The van der Waals surface area contributed by atoms with E-state index >= 15 is 0 Å². The van der Waals surface area contributed by atoms with Crippen LogP contribution in [0.2, 0.25) is 0 Å². The Morgan fingerprint density at radius 3 is 1.49 bits per heavy atom. The van der Waals surface area contributed by atoms with E-state index < -0.39 is 86.8 Å². The zero-order valence-corrected chi connectivity index (χ0v) is 37.9. The van der Waals surface area contributed by atoms with Gasteiger partial charge >= 0.3 is 0 Å². The first kappa shape index (κ1) is 55.9. The Hall–Kier alpha value is -1.27. The number of ether oxygens (including phenoxy) is 4. The molecule has 12 atom stereocenters. The van der Waals surface area contributed by atoms with Crippen LogP contribution in [0.4, 0.5) is 0 Å². The van der Waals surface area contributed by atoms with Crippen LogP contribution in [0.5, 0.6) is 0 Å². The van der Waals surface area contributed by atoms with Gasteiger partial charge in [-0.1, -0.05) is 180 Å². The van der Waals surface area contributed by atoms with Crippen LogP contribution in [0, 0.1) is 0 Å². The molecular formula is C47H89NO13. The molecule has 14 nitrogen and oxygen atoms in total. The number of nitrogens with one attached hydrogen (secondary N) is 1. The molecule has 2 aliphatic heterocycles. The van der Waals surface area contributed by atoms with Crippen LogP contribution in [0.25, 0.3) is 0 Å². The van der Waals surface area contributed by atoms with Crippen molar-refractivity contribution in [1.29, 1.82) is 0 Å². The molecule has 1 amide bonds. The van der Waals surface area contributed by atoms with Crippen molar-refractivity contribution in [3.05, 3.63) is 12.2 Å². The van der Waals surface area contributed by atoms with Gasteiger partial charge in [-0.25, -0.2) is 0 Å². The summed E-state index contributed by atoms with van der Waals surface area (Å²) >= 11 is 0. The fourth-order valence-corrected chi connectivity index (χ4v) is 8.16. The lowest BCUT2D eigenvalue weighted by Gasteiger charge is -2.46. The summed E-state index contributed by atoms with van der Waals surface area (Å²) in [6.07, 6.45) is 19.3. The number of carbonyl (C=O) groups excluding carboxylic acids is 1. The van der Waals surface area contributed by atoms with Gasteiger partial charge in [-0.15, -0.1) is 0 Å². The van der Waals surface area contributed by atoms with Gasteiger partial charge in [-0.2, -0.15) is 0 Å². The molecule has 0 aromatic carbocycles. The maximum Gasteiger partial charge on any atom is 0.220 e. The number of carbonyl (C=O) groups is 1. The lowest BCUT2D eigenvalue weighted by molar-refractivity contribution is -0.359. The molecule has 0 radical (unpaired) electrons. The summed E-state index contributed by atoms with van der Waals surface area (Å²) in [6, 6.07) is -0.904. The molecular weight excluding hydrogens is 787 g/mol. The monoisotopic (exact) mass is 876 g/mol. The fraction of sp³-hybridized carbons (Fsp3) is 0.936. The van der Waals surface area contributed by atoms with E-state index in [1.165, 1.54) is 122 Å². The summed E-state index contributed by atoms with van der Waals surface area (Å²) in [7, 11) is 0. The van der Waals surface area contributed by atoms with Crippen molar-refractivity contribution in [2.75, 3.05) is 19.8 Å². The Morgan fingerprint density at radius 1 is 0.574 bits per heavy atom. The Bertz CT molecular complexity index is 1080. The third kappa shape index (κ3) is 23.0. The molecule has 14 heteroatoms. The van der Waals surface area contributed by atoms with Gasteiger partial charge in [0.2, 0.25) is 5.91 Å². The third-order valence-electron chi connectivity index (χ3n) is 12.2. The second kappa shape index (κ2) is 35.0. The number of hydrogen-bond donors (Lipinski definition) is 9. The minimum absolute atomic E-state index is 0.246. The van der Waals surface area contributed by atoms with E-state index in [1.54, 1.807) is 6.08 Å². The largest absolute Gasteiger partial charge is 0.394 e. The van der Waals surface area contributed by atoms with Gasteiger partial charge in [0, 0.05) is 6.42 Å². The highest BCUT2D eigenvalue weighted by Crippen LogP contribution is 2.30. The first-order valence-corrected chi connectivity index (χ1v) is 24.4. The van der Waals surface area contributed by atoms with Gasteiger partial charge in [0.15, 0.2) is 12.6 Å². The maximum absolute atomic E-state index is 13.0. The quantitative estimate of drug-likeness (QED) is 0.0274. The smallest absolute Gasteiger partial charge is 0.220 e. The molecule has 0 bridgehead atoms. The number of rotatable bonds is 37. The average molecular weight is 876 g/mol. The Balaban J connectivity index is 1.65. The molecule has 2 saturated heterocycles. The second-order valence-electron chi connectivity index (χ2n) is 17.6. The summed E-state index contributed by atoms with van der Waals surface area (Å²) in [5.74, 6) is -0.246. The number of aliphatic hydroxyl groups is 8. The minimum atomic E-state index is -1.78. The first-order chi connectivity index (χ1) is 29.6. The van der Waals surface area contributed by atoms with Crippen molar-refractivity contribution in [2.24, 2.45) is 0 Å². The van der Waals surface area contributed by atoms with Crippen molar-refractivity contribution < 1.29 is 64.6 Å². The number of hydrogen-bond acceptors (Lipinski definition) is 13. The van der Waals surface area contributed by atoms with E-state index in [0.29, 0.717) is 6.42 Å². The van der Waals surface area contributed by atoms with E-state index in [9.17, 15) is 45.6 Å². The predicted molar refractivity (Wildman–Crippen MR) is 235 cm³/mol. The molecule has 360 valence electrons. The van der Waals surface area contributed by atoms with E-state index in [0.717, 1.165) is 38.5 Å². The number of unbranched alkanes of at least 4 members (excludes halogenated alkanes) is 24. The molecule has 2 heterocycles. The minimum Gasteiger partial charge on any atom is -0.394 e. The topological polar surface area (TPSA) is 228 Å². The molecule has 2 aliphatic rings. The van der Waals surface area contributed by atoms with Crippen molar-refractivity contribution in [3.8, 4) is 0 Å². The van der Waals surface area contributed by atoms with Gasteiger partial charge < -0.3 is 65.1 Å². The van der Waals surface area contributed by atoms with E-state index in [1.807, 2.05) is 6.08 Å². The summed E-state index contributed by atoms with van der Waals surface area (Å²) in [5, 5.41) is 85.9. The molecule has 0 saturated carbocycles. The summed E-state index contributed by atoms with van der Waals surface area (Å²) < 4.78 is 22.5. The molecule has 0 spiro atoms. The molecule has 9 N–H and O–H groups in total. The number of aliphatic hydroxyl groups excluding tert-OH is 8. The zero-order valence-electron chi connectivity index (χ0n) is 37.9. The number of amides is 1. The van der Waals surface area contributed by atoms with Crippen LogP contribution >= 0.6 is 0 Å². The Labute approximate surface area is 367 Å².